The summed E-state index contributed by atoms with van der Waals surface area (Å²) < 4.78 is 13.6. The number of carbonyl (C=O) groups is 1. The van der Waals surface area contributed by atoms with Crippen molar-refractivity contribution in [3.05, 3.63) is 24.0 Å². The van der Waals surface area contributed by atoms with Crippen molar-refractivity contribution in [1.29, 1.82) is 0 Å². The van der Waals surface area contributed by atoms with E-state index < -0.39 is 5.82 Å². The van der Waals surface area contributed by atoms with E-state index in [0.29, 0.717) is 23.8 Å². The van der Waals surface area contributed by atoms with Crippen LogP contribution in [0.15, 0.2) is 18.2 Å². The zero-order valence-corrected chi connectivity index (χ0v) is 11.0. The molecule has 0 radical (unpaired) electrons. The second-order valence-electron chi connectivity index (χ2n) is 4.76. The Hall–Kier alpha value is -1.78. The Morgan fingerprint density at radius 2 is 2.17 bits per heavy atom. The second-order valence-corrected chi connectivity index (χ2v) is 4.76. The molecule has 18 heavy (non-hydrogen) atoms. The number of benzene rings is 1. The summed E-state index contributed by atoms with van der Waals surface area (Å²) in [6.07, 6.45) is 0. The van der Waals surface area contributed by atoms with E-state index in [1.165, 1.54) is 6.07 Å². The summed E-state index contributed by atoms with van der Waals surface area (Å²) in [4.78, 5) is 13.2. The highest BCUT2D eigenvalue weighted by molar-refractivity contribution is 5.81. The Kier molecular flexibility index (Phi) is 4.95. The first kappa shape index (κ1) is 14.3. The van der Waals surface area contributed by atoms with Crippen LogP contribution < -0.4 is 16.0 Å². The molecular weight excluding hydrogens is 233 g/mol. The third-order valence-corrected chi connectivity index (χ3v) is 2.47. The minimum atomic E-state index is -0.422. The number of nitrogens with one attached hydrogen (secondary N) is 1. The predicted molar refractivity (Wildman–Crippen MR) is 71.9 cm³/mol. The molecule has 1 rings (SSSR count). The zero-order valence-electron chi connectivity index (χ0n) is 11.0. The van der Waals surface area contributed by atoms with Crippen molar-refractivity contribution in [3.63, 3.8) is 0 Å². The molecule has 0 saturated heterocycles. The van der Waals surface area contributed by atoms with Crippen molar-refractivity contribution in [1.82, 2.24) is 5.32 Å². The van der Waals surface area contributed by atoms with Crippen LogP contribution in [0.25, 0.3) is 0 Å². The average Bonchev–Trinajstić information content (AvgIpc) is 2.26. The lowest BCUT2D eigenvalue weighted by atomic mass is 10.2. The maximum Gasteiger partial charge on any atom is 0.239 e. The van der Waals surface area contributed by atoms with E-state index in [1.54, 1.807) is 24.1 Å². The SMILES string of the molecule is CC(C)CNC(=O)CN(C)c1ccc(N)cc1F. The van der Waals surface area contributed by atoms with Gasteiger partial charge in [-0.25, -0.2) is 4.39 Å². The molecule has 0 aliphatic rings. The third-order valence-electron chi connectivity index (χ3n) is 2.47. The molecule has 0 bridgehead atoms. The highest BCUT2D eigenvalue weighted by atomic mass is 19.1. The molecule has 1 aromatic carbocycles. The first-order valence-electron chi connectivity index (χ1n) is 5.93. The summed E-state index contributed by atoms with van der Waals surface area (Å²) in [7, 11) is 1.67. The number of rotatable bonds is 5. The number of anilines is 2. The molecule has 0 atom stereocenters. The standard InChI is InChI=1S/C13H20FN3O/c1-9(2)7-16-13(18)8-17(3)12-5-4-10(15)6-11(12)14/h4-6,9H,7-8,15H2,1-3H3,(H,16,18). The van der Waals surface area contributed by atoms with Gasteiger partial charge in [-0.1, -0.05) is 13.8 Å². The van der Waals surface area contributed by atoms with Crippen LogP contribution in [0.1, 0.15) is 13.8 Å². The predicted octanol–water partition coefficient (Wildman–Crippen LogP) is 1.62. The van der Waals surface area contributed by atoms with Gasteiger partial charge >= 0.3 is 0 Å². The Balaban J connectivity index is 2.59. The van der Waals surface area contributed by atoms with Crippen molar-refractivity contribution in [2.24, 2.45) is 5.92 Å². The van der Waals surface area contributed by atoms with Crippen LogP contribution in [-0.2, 0) is 4.79 Å². The lowest BCUT2D eigenvalue weighted by Crippen LogP contribution is -2.37. The summed E-state index contributed by atoms with van der Waals surface area (Å²) in [6, 6.07) is 4.43. The van der Waals surface area contributed by atoms with Gasteiger partial charge in [-0.05, 0) is 24.1 Å². The van der Waals surface area contributed by atoms with E-state index in [4.69, 9.17) is 5.73 Å². The van der Waals surface area contributed by atoms with Crippen molar-refractivity contribution in [3.8, 4) is 0 Å². The molecule has 1 amide bonds. The summed E-state index contributed by atoms with van der Waals surface area (Å²) in [5.41, 5.74) is 6.21. The van der Waals surface area contributed by atoms with Crippen molar-refractivity contribution < 1.29 is 9.18 Å². The summed E-state index contributed by atoms with van der Waals surface area (Å²) >= 11 is 0. The van der Waals surface area contributed by atoms with E-state index >= 15 is 0 Å². The number of carbonyl (C=O) groups excluding carboxylic acids is 1. The number of halogens is 1. The number of nitrogens with zero attached hydrogens (tertiary/aromatic N) is 1. The van der Waals surface area contributed by atoms with Gasteiger partial charge in [0.1, 0.15) is 5.82 Å². The average molecular weight is 253 g/mol. The molecule has 1 aromatic rings. The van der Waals surface area contributed by atoms with Gasteiger partial charge in [0, 0.05) is 19.3 Å². The maximum absolute atomic E-state index is 13.6. The van der Waals surface area contributed by atoms with Gasteiger partial charge in [-0.3, -0.25) is 4.79 Å². The molecule has 0 fully saturated rings. The highest BCUT2D eigenvalue weighted by Gasteiger charge is 2.11. The fourth-order valence-corrected chi connectivity index (χ4v) is 1.51. The van der Waals surface area contributed by atoms with E-state index in [2.05, 4.69) is 5.32 Å². The smallest absolute Gasteiger partial charge is 0.239 e. The molecular formula is C13H20FN3O. The molecule has 0 heterocycles. The van der Waals surface area contributed by atoms with E-state index in [1.807, 2.05) is 13.8 Å². The van der Waals surface area contributed by atoms with Crippen molar-refractivity contribution in [2.45, 2.75) is 13.8 Å². The van der Waals surface area contributed by atoms with Gasteiger partial charge in [-0.2, -0.15) is 0 Å². The topological polar surface area (TPSA) is 58.4 Å². The summed E-state index contributed by atoms with van der Waals surface area (Å²) in [5.74, 6) is -0.149. The van der Waals surface area contributed by atoms with Crippen LogP contribution in [0, 0.1) is 11.7 Å². The van der Waals surface area contributed by atoms with Crippen LogP contribution in [0.5, 0.6) is 0 Å². The van der Waals surface area contributed by atoms with Crippen LogP contribution in [0.3, 0.4) is 0 Å². The number of likely N-dealkylation sites (N-methyl/N-ethyl adjacent to an activating group) is 1. The first-order chi connectivity index (χ1) is 8.40. The van der Waals surface area contributed by atoms with Crippen molar-refractivity contribution in [2.75, 3.05) is 30.8 Å². The molecule has 0 aromatic heterocycles. The fraction of sp³-hybridized carbons (Fsp3) is 0.462. The number of nitrogens with two attached hydrogens (primary N) is 1. The van der Waals surface area contributed by atoms with Gasteiger partial charge < -0.3 is 16.0 Å². The lowest BCUT2D eigenvalue weighted by molar-refractivity contribution is -0.119. The van der Waals surface area contributed by atoms with Crippen LogP contribution in [-0.4, -0.2) is 26.0 Å². The Morgan fingerprint density at radius 3 is 2.72 bits per heavy atom. The van der Waals surface area contributed by atoms with Gasteiger partial charge in [0.15, 0.2) is 0 Å². The quantitative estimate of drug-likeness (QED) is 0.784. The van der Waals surface area contributed by atoms with Gasteiger partial charge in [0.25, 0.3) is 0 Å². The zero-order chi connectivity index (χ0) is 13.7. The van der Waals surface area contributed by atoms with Gasteiger partial charge in [0.2, 0.25) is 5.91 Å². The largest absolute Gasteiger partial charge is 0.399 e. The number of nitrogen functional groups attached to an aromatic ring is 1. The minimum Gasteiger partial charge on any atom is -0.399 e. The third kappa shape index (κ3) is 4.24. The molecule has 4 nitrogen and oxygen atoms in total. The fourth-order valence-electron chi connectivity index (χ4n) is 1.51. The van der Waals surface area contributed by atoms with Gasteiger partial charge in [-0.15, -0.1) is 0 Å². The van der Waals surface area contributed by atoms with Crippen LogP contribution in [0.4, 0.5) is 15.8 Å². The molecule has 5 heteroatoms. The Morgan fingerprint density at radius 1 is 1.50 bits per heavy atom. The summed E-state index contributed by atoms with van der Waals surface area (Å²) in [6.45, 7) is 4.78. The number of amides is 1. The monoisotopic (exact) mass is 253 g/mol. The van der Waals surface area contributed by atoms with Crippen LogP contribution >= 0.6 is 0 Å². The number of hydrogen-bond acceptors (Lipinski definition) is 3. The number of hydrogen-bond donors (Lipinski definition) is 2. The molecule has 0 saturated carbocycles. The molecule has 100 valence electrons. The molecule has 0 spiro atoms. The Labute approximate surface area is 107 Å². The molecule has 0 aliphatic carbocycles. The lowest BCUT2D eigenvalue weighted by Gasteiger charge is -2.20. The van der Waals surface area contributed by atoms with Gasteiger partial charge in [0.05, 0.1) is 12.2 Å². The normalized spacial score (nSPS) is 10.5. The van der Waals surface area contributed by atoms with E-state index in [0.717, 1.165) is 0 Å². The molecule has 3 N–H and O–H groups in total. The molecule has 0 unspecified atom stereocenters. The van der Waals surface area contributed by atoms with Crippen LogP contribution in [0.2, 0.25) is 0 Å². The highest BCUT2D eigenvalue weighted by Crippen LogP contribution is 2.19. The maximum atomic E-state index is 13.6. The van der Waals surface area contributed by atoms with E-state index in [9.17, 15) is 9.18 Å². The second kappa shape index (κ2) is 6.23. The first-order valence-corrected chi connectivity index (χ1v) is 5.93. The molecule has 0 aliphatic heterocycles. The van der Waals surface area contributed by atoms with E-state index in [-0.39, 0.29) is 12.5 Å². The van der Waals surface area contributed by atoms with Crippen molar-refractivity contribution >= 4 is 17.3 Å². The Bertz CT molecular complexity index is 421. The minimum absolute atomic E-state index is 0.119. The summed E-state index contributed by atoms with van der Waals surface area (Å²) in [5, 5.41) is 2.79.